The van der Waals surface area contributed by atoms with E-state index in [1.165, 1.54) is 5.56 Å². The standard InChI is InChI=1S/C30H31NO4/c1-21-6-14-28(15-7-21)35-29-5-3-4-25(20-29)23-10-16-27(17-11-23)34-19-18-31-22(2)30(33)24-8-12-26(32)13-9-24/h3-17,20,22,30-33H,18-19H2,1-2H3/t22-,30-/m1/s1. The van der Waals surface area contributed by atoms with Gasteiger partial charge < -0.3 is 25.0 Å². The Labute approximate surface area is 206 Å². The first-order valence-electron chi connectivity index (χ1n) is 11.8. The summed E-state index contributed by atoms with van der Waals surface area (Å²) in [5.74, 6) is 2.58. The molecule has 2 atom stereocenters. The van der Waals surface area contributed by atoms with E-state index < -0.39 is 6.10 Å². The van der Waals surface area contributed by atoms with Gasteiger partial charge in [0.05, 0.1) is 6.10 Å². The summed E-state index contributed by atoms with van der Waals surface area (Å²) in [4.78, 5) is 0. The van der Waals surface area contributed by atoms with Gasteiger partial charge >= 0.3 is 0 Å². The van der Waals surface area contributed by atoms with E-state index in [1.807, 2.05) is 73.7 Å². The van der Waals surface area contributed by atoms with Crippen LogP contribution in [0, 0.1) is 6.92 Å². The average molecular weight is 470 g/mol. The normalized spacial score (nSPS) is 12.7. The third-order valence-electron chi connectivity index (χ3n) is 5.82. The van der Waals surface area contributed by atoms with Crippen LogP contribution in [0.3, 0.4) is 0 Å². The molecule has 0 aliphatic carbocycles. The smallest absolute Gasteiger partial charge is 0.128 e. The van der Waals surface area contributed by atoms with Crippen molar-refractivity contribution in [1.82, 2.24) is 5.32 Å². The minimum absolute atomic E-state index is 0.153. The van der Waals surface area contributed by atoms with E-state index in [0.717, 1.165) is 33.9 Å². The first-order valence-corrected chi connectivity index (χ1v) is 11.8. The summed E-state index contributed by atoms with van der Waals surface area (Å²) in [6.07, 6.45) is -0.666. The summed E-state index contributed by atoms with van der Waals surface area (Å²) in [6, 6.07) is 30.5. The lowest BCUT2D eigenvalue weighted by Crippen LogP contribution is -2.35. The molecule has 4 aromatic carbocycles. The highest BCUT2D eigenvalue weighted by molar-refractivity contribution is 5.66. The minimum atomic E-state index is -0.666. The Bertz CT molecular complexity index is 1200. The monoisotopic (exact) mass is 469 g/mol. The molecular weight excluding hydrogens is 438 g/mol. The molecule has 35 heavy (non-hydrogen) atoms. The van der Waals surface area contributed by atoms with Crippen molar-refractivity contribution in [2.75, 3.05) is 13.2 Å². The molecule has 0 saturated carbocycles. The fourth-order valence-electron chi connectivity index (χ4n) is 3.75. The van der Waals surface area contributed by atoms with Crippen LogP contribution in [0.1, 0.15) is 24.2 Å². The summed E-state index contributed by atoms with van der Waals surface area (Å²) in [6.45, 7) is 5.05. The molecule has 0 spiro atoms. The molecule has 0 aliphatic rings. The summed E-state index contributed by atoms with van der Waals surface area (Å²) >= 11 is 0. The van der Waals surface area contributed by atoms with E-state index in [4.69, 9.17) is 9.47 Å². The molecule has 0 fully saturated rings. The third kappa shape index (κ3) is 6.85. The number of aliphatic hydroxyl groups excluding tert-OH is 1. The first-order chi connectivity index (χ1) is 17.0. The van der Waals surface area contributed by atoms with E-state index in [2.05, 4.69) is 18.3 Å². The topological polar surface area (TPSA) is 71.0 Å². The lowest BCUT2D eigenvalue weighted by Gasteiger charge is -2.21. The molecule has 0 aliphatic heterocycles. The second kappa shape index (κ2) is 11.6. The number of ether oxygens (including phenoxy) is 2. The van der Waals surface area contributed by atoms with Gasteiger partial charge in [0.15, 0.2) is 0 Å². The summed E-state index contributed by atoms with van der Waals surface area (Å²) in [5, 5.41) is 23.1. The van der Waals surface area contributed by atoms with Gasteiger partial charge in [-0.3, -0.25) is 0 Å². The van der Waals surface area contributed by atoms with Crippen LogP contribution >= 0.6 is 0 Å². The molecule has 4 rings (SSSR count). The number of aromatic hydroxyl groups is 1. The van der Waals surface area contributed by atoms with Crippen molar-refractivity contribution in [3.05, 3.63) is 108 Å². The maximum atomic E-state index is 10.5. The van der Waals surface area contributed by atoms with Crippen LogP contribution in [0.2, 0.25) is 0 Å². The Morgan fingerprint density at radius 2 is 1.46 bits per heavy atom. The Morgan fingerprint density at radius 3 is 2.17 bits per heavy atom. The van der Waals surface area contributed by atoms with Crippen LogP contribution in [0.25, 0.3) is 11.1 Å². The number of hydrogen-bond acceptors (Lipinski definition) is 5. The molecule has 0 bridgehead atoms. The molecule has 0 amide bonds. The molecule has 5 heteroatoms. The predicted octanol–water partition coefficient (Wildman–Crippen LogP) is 6.25. The third-order valence-corrected chi connectivity index (χ3v) is 5.82. The van der Waals surface area contributed by atoms with E-state index >= 15 is 0 Å². The number of phenols is 1. The molecule has 4 aromatic rings. The van der Waals surface area contributed by atoms with E-state index in [0.29, 0.717) is 13.2 Å². The second-order valence-electron chi connectivity index (χ2n) is 8.59. The van der Waals surface area contributed by atoms with Crippen LogP contribution in [0.15, 0.2) is 97.1 Å². The van der Waals surface area contributed by atoms with Crippen LogP contribution in [-0.2, 0) is 0 Å². The van der Waals surface area contributed by atoms with E-state index in [-0.39, 0.29) is 11.8 Å². The fourth-order valence-corrected chi connectivity index (χ4v) is 3.75. The number of phenolic OH excluding ortho intramolecular Hbond substituents is 1. The molecule has 0 aromatic heterocycles. The van der Waals surface area contributed by atoms with Gasteiger partial charge in [0, 0.05) is 12.6 Å². The van der Waals surface area contributed by atoms with Gasteiger partial charge in [-0.1, -0.05) is 54.1 Å². The zero-order valence-electron chi connectivity index (χ0n) is 20.0. The zero-order chi connectivity index (χ0) is 24.6. The van der Waals surface area contributed by atoms with Crippen LogP contribution in [0.5, 0.6) is 23.0 Å². The predicted molar refractivity (Wildman–Crippen MR) is 139 cm³/mol. The summed E-state index contributed by atoms with van der Waals surface area (Å²) in [5.41, 5.74) is 4.10. The van der Waals surface area contributed by atoms with Crippen molar-refractivity contribution in [3.8, 4) is 34.1 Å². The maximum Gasteiger partial charge on any atom is 0.128 e. The largest absolute Gasteiger partial charge is 0.508 e. The van der Waals surface area contributed by atoms with Gasteiger partial charge in [-0.15, -0.1) is 0 Å². The molecule has 0 unspecified atom stereocenters. The van der Waals surface area contributed by atoms with Gasteiger partial charge in [-0.05, 0) is 79.1 Å². The highest BCUT2D eigenvalue weighted by Gasteiger charge is 2.15. The molecule has 180 valence electrons. The van der Waals surface area contributed by atoms with Crippen LogP contribution in [0.4, 0.5) is 0 Å². The van der Waals surface area contributed by atoms with E-state index in [9.17, 15) is 10.2 Å². The molecular formula is C30H31NO4. The van der Waals surface area contributed by atoms with Crippen LogP contribution in [-0.4, -0.2) is 29.4 Å². The van der Waals surface area contributed by atoms with Gasteiger partial charge in [0.1, 0.15) is 29.6 Å². The number of aryl methyl sites for hydroxylation is 1. The van der Waals surface area contributed by atoms with Gasteiger partial charge in [-0.2, -0.15) is 0 Å². The van der Waals surface area contributed by atoms with Crippen molar-refractivity contribution in [1.29, 1.82) is 0 Å². The molecule has 0 heterocycles. The lowest BCUT2D eigenvalue weighted by atomic mass is 10.0. The van der Waals surface area contributed by atoms with Crippen molar-refractivity contribution < 1.29 is 19.7 Å². The SMILES string of the molecule is Cc1ccc(Oc2cccc(-c3ccc(OCCN[C@H](C)[C@@H](O)c4ccc(O)cc4)cc3)c2)cc1. The maximum absolute atomic E-state index is 10.5. The number of benzene rings is 4. The highest BCUT2D eigenvalue weighted by Crippen LogP contribution is 2.28. The van der Waals surface area contributed by atoms with E-state index in [1.54, 1.807) is 24.3 Å². The lowest BCUT2D eigenvalue weighted by molar-refractivity contribution is 0.133. The Kier molecular flexibility index (Phi) is 8.03. The molecule has 0 saturated heterocycles. The minimum Gasteiger partial charge on any atom is -0.508 e. The van der Waals surface area contributed by atoms with Crippen molar-refractivity contribution in [2.24, 2.45) is 0 Å². The highest BCUT2D eigenvalue weighted by atomic mass is 16.5. The fraction of sp³-hybridized carbons (Fsp3) is 0.200. The summed E-state index contributed by atoms with van der Waals surface area (Å²) < 4.78 is 11.9. The number of hydrogen-bond donors (Lipinski definition) is 3. The Morgan fingerprint density at radius 1 is 0.771 bits per heavy atom. The zero-order valence-corrected chi connectivity index (χ0v) is 20.0. The Balaban J connectivity index is 1.27. The number of aliphatic hydroxyl groups is 1. The molecule has 3 N–H and O–H groups in total. The number of rotatable bonds is 10. The van der Waals surface area contributed by atoms with Crippen molar-refractivity contribution in [3.63, 3.8) is 0 Å². The van der Waals surface area contributed by atoms with Crippen LogP contribution < -0.4 is 14.8 Å². The molecule has 0 radical (unpaired) electrons. The van der Waals surface area contributed by atoms with Gasteiger partial charge in [0.25, 0.3) is 0 Å². The molecule has 5 nitrogen and oxygen atoms in total. The van der Waals surface area contributed by atoms with Gasteiger partial charge in [-0.25, -0.2) is 0 Å². The summed E-state index contributed by atoms with van der Waals surface area (Å²) in [7, 11) is 0. The second-order valence-corrected chi connectivity index (χ2v) is 8.59. The Hall–Kier alpha value is -3.80. The van der Waals surface area contributed by atoms with Gasteiger partial charge in [0.2, 0.25) is 0 Å². The van der Waals surface area contributed by atoms with Crippen molar-refractivity contribution >= 4 is 0 Å². The quantitative estimate of drug-likeness (QED) is 0.240. The average Bonchev–Trinajstić information content (AvgIpc) is 2.88. The first kappa shape index (κ1) is 24.3. The van der Waals surface area contributed by atoms with Crippen molar-refractivity contribution in [2.45, 2.75) is 26.0 Å². The number of nitrogens with one attached hydrogen (secondary N) is 1.